The number of hydrogen-bond acceptors (Lipinski definition) is 4. The highest BCUT2D eigenvalue weighted by Gasteiger charge is 2.51. The molecule has 276 valence electrons. The molecule has 0 aromatic heterocycles. The van der Waals surface area contributed by atoms with Crippen molar-refractivity contribution in [2.45, 2.75) is 24.7 Å². The lowest BCUT2D eigenvalue weighted by atomic mass is 9.66. The second-order valence-corrected chi connectivity index (χ2v) is 15.3. The van der Waals surface area contributed by atoms with Gasteiger partial charge in [0.15, 0.2) is 0 Å². The van der Waals surface area contributed by atoms with Crippen LogP contribution in [0.4, 0.5) is 0 Å². The van der Waals surface area contributed by atoms with E-state index in [1.54, 1.807) is 0 Å². The van der Waals surface area contributed by atoms with Gasteiger partial charge in [0.2, 0.25) is 0 Å². The average molecular weight is 738 g/mol. The van der Waals surface area contributed by atoms with E-state index in [0.717, 1.165) is 50.4 Å². The van der Waals surface area contributed by atoms with Gasteiger partial charge in [0.05, 0.1) is 11.6 Å². The minimum atomic E-state index is -0.508. The number of hydrogen-bond donors (Lipinski definition) is 2. The number of nitrogens with zero attached hydrogens (tertiary/aromatic N) is 1. The summed E-state index contributed by atoms with van der Waals surface area (Å²) in [6.07, 6.45) is 9.96. The number of allylic oxidation sites excluding steroid dienone is 4. The third-order valence-corrected chi connectivity index (χ3v) is 12.0. The molecule has 57 heavy (non-hydrogen) atoms. The quantitative estimate of drug-likeness (QED) is 0.121. The zero-order valence-electron chi connectivity index (χ0n) is 31.8. The summed E-state index contributed by atoms with van der Waals surface area (Å²) >= 11 is 0. The first-order chi connectivity index (χ1) is 28.1. The fourth-order valence-corrected chi connectivity index (χ4v) is 9.00. The van der Waals surface area contributed by atoms with E-state index >= 15 is 0 Å². The van der Waals surface area contributed by atoms with Crippen molar-refractivity contribution in [3.05, 3.63) is 228 Å². The molecule has 0 amide bonds. The fourth-order valence-electron chi connectivity index (χ4n) is 9.00. The van der Waals surface area contributed by atoms with Gasteiger partial charge in [0.1, 0.15) is 17.7 Å². The van der Waals surface area contributed by atoms with Gasteiger partial charge < -0.3 is 10.5 Å². The van der Waals surface area contributed by atoms with Crippen LogP contribution in [0.2, 0.25) is 0 Å². The van der Waals surface area contributed by atoms with Gasteiger partial charge in [-0.25, -0.2) is 0 Å². The molecule has 0 saturated heterocycles. The predicted octanol–water partition coefficient (Wildman–Crippen LogP) is 12.2. The van der Waals surface area contributed by atoms with Crippen molar-refractivity contribution in [1.29, 1.82) is 0 Å². The number of fused-ring (bicyclic) bond motifs is 9. The molecular formula is C53H43N3O. The Hall–Kier alpha value is -6.59. The Bertz CT molecular complexity index is 2630. The molecule has 1 heterocycles. The van der Waals surface area contributed by atoms with Crippen molar-refractivity contribution < 1.29 is 4.74 Å². The Morgan fingerprint density at radius 2 is 1.11 bits per heavy atom. The van der Waals surface area contributed by atoms with Crippen LogP contribution in [0.1, 0.15) is 52.6 Å². The normalized spacial score (nSPS) is 18.0. The maximum atomic E-state index is 6.88. The summed E-state index contributed by atoms with van der Waals surface area (Å²) < 4.78 is 6.55. The van der Waals surface area contributed by atoms with Crippen molar-refractivity contribution in [3.8, 4) is 44.9 Å². The van der Waals surface area contributed by atoms with Gasteiger partial charge in [-0.15, -0.1) is 0 Å². The first-order valence-corrected chi connectivity index (χ1v) is 19.8. The lowest BCUT2D eigenvalue weighted by Crippen LogP contribution is -2.32. The van der Waals surface area contributed by atoms with E-state index in [2.05, 4.69) is 207 Å². The summed E-state index contributed by atoms with van der Waals surface area (Å²) in [4.78, 5) is 5.16. The number of nitrogens with one attached hydrogen (secondary N) is 1. The Kier molecular flexibility index (Phi) is 8.86. The largest absolute Gasteiger partial charge is 0.457 e. The smallest absolute Gasteiger partial charge is 0.132 e. The third-order valence-electron chi connectivity index (χ3n) is 12.0. The van der Waals surface area contributed by atoms with E-state index in [9.17, 15) is 0 Å². The molecule has 4 atom stereocenters. The number of ether oxygens (including phenoxy) is 1. The maximum Gasteiger partial charge on any atom is 0.132 e. The third kappa shape index (κ3) is 6.06. The lowest BCUT2D eigenvalue weighted by Gasteiger charge is -2.39. The molecule has 7 aromatic carbocycles. The van der Waals surface area contributed by atoms with Crippen LogP contribution < -0.4 is 15.8 Å². The van der Waals surface area contributed by atoms with Crippen molar-refractivity contribution in [3.63, 3.8) is 0 Å². The lowest BCUT2D eigenvalue weighted by molar-refractivity contribution is 0.436. The second-order valence-electron chi connectivity index (χ2n) is 15.3. The summed E-state index contributed by atoms with van der Waals surface area (Å²) in [5, 5.41) is 3.65. The number of benzene rings is 7. The van der Waals surface area contributed by atoms with Crippen LogP contribution in [0.25, 0.3) is 33.4 Å². The van der Waals surface area contributed by atoms with Gasteiger partial charge >= 0.3 is 0 Å². The van der Waals surface area contributed by atoms with Gasteiger partial charge in [0, 0.05) is 23.3 Å². The Balaban J connectivity index is 1.01. The highest BCUT2D eigenvalue weighted by atomic mass is 16.5. The van der Waals surface area contributed by atoms with Crippen molar-refractivity contribution in [2.75, 3.05) is 0 Å². The van der Waals surface area contributed by atoms with E-state index in [-0.39, 0.29) is 12.1 Å². The van der Waals surface area contributed by atoms with Crippen LogP contribution in [0.3, 0.4) is 0 Å². The Morgan fingerprint density at radius 1 is 0.561 bits per heavy atom. The molecular weight excluding hydrogens is 695 g/mol. The first kappa shape index (κ1) is 34.9. The van der Waals surface area contributed by atoms with Crippen molar-refractivity contribution in [2.24, 2.45) is 22.6 Å². The molecule has 3 aliphatic rings. The molecule has 3 N–H and O–H groups in total. The standard InChI is InChI=1S/C53H43N3O/c1-35-13-5-6-16-42(35)34-55-52(56-51(54)39-27-23-37(24-28-39)36-14-3-2-4-15-36)40-29-25-38(26-30-40)41-31-32-44-43-17-7-8-18-45(43)53(48(44)33-41)46-19-9-11-21-49(46)57-50-22-12-10-20-47(50)53/h2-35,42,51-52,56H,54H2,1H3/b55-34+. The summed E-state index contributed by atoms with van der Waals surface area (Å²) in [6, 6.07) is 60.5. The molecule has 4 nitrogen and oxygen atoms in total. The van der Waals surface area contributed by atoms with E-state index in [1.165, 1.54) is 27.8 Å². The zero-order chi connectivity index (χ0) is 38.3. The molecule has 0 saturated carbocycles. The van der Waals surface area contributed by atoms with Gasteiger partial charge in [-0.2, -0.15) is 0 Å². The van der Waals surface area contributed by atoms with Crippen LogP contribution in [-0.4, -0.2) is 6.21 Å². The van der Waals surface area contributed by atoms with Gasteiger partial charge in [-0.3, -0.25) is 10.3 Å². The first-order valence-electron chi connectivity index (χ1n) is 19.8. The highest BCUT2D eigenvalue weighted by Crippen LogP contribution is 2.62. The van der Waals surface area contributed by atoms with E-state index < -0.39 is 11.6 Å². The average Bonchev–Trinajstić information content (AvgIpc) is 3.56. The maximum absolute atomic E-state index is 6.88. The van der Waals surface area contributed by atoms with Gasteiger partial charge in [0.25, 0.3) is 0 Å². The topological polar surface area (TPSA) is 59.6 Å². The number of aliphatic imine (C=N–C) groups is 1. The van der Waals surface area contributed by atoms with E-state index in [1.807, 2.05) is 6.07 Å². The number of para-hydroxylation sites is 2. The van der Waals surface area contributed by atoms with Crippen molar-refractivity contribution in [1.82, 2.24) is 5.32 Å². The molecule has 1 spiro atoms. The second kappa shape index (κ2) is 14.5. The molecule has 7 aromatic rings. The van der Waals surface area contributed by atoms with Gasteiger partial charge in [-0.05, 0) is 79.8 Å². The summed E-state index contributed by atoms with van der Waals surface area (Å²) in [5.41, 5.74) is 20.5. The van der Waals surface area contributed by atoms with Crippen LogP contribution in [0.15, 0.2) is 199 Å². The number of rotatable bonds is 8. The molecule has 4 unspecified atom stereocenters. The van der Waals surface area contributed by atoms with Crippen molar-refractivity contribution >= 4 is 6.21 Å². The van der Waals surface area contributed by atoms with E-state index in [0.29, 0.717) is 5.92 Å². The summed E-state index contributed by atoms with van der Waals surface area (Å²) in [6.45, 7) is 2.23. The van der Waals surface area contributed by atoms with Crippen LogP contribution in [0.5, 0.6) is 11.5 Å². The fraction of sp³-hybridized carbons (Fsp3) is 0.113. The Morgan fingerprint density at radius 3 is 1.81 bits per heavy atom. The van der Waals surface area contributed by atoms with Gasteiger partial charge in [-0.1, -0.05) is 183 Å². The molecule has 0 bridgehead atoms. The highest BCUT2D eigenvalue weighted by molar-refractivity contribution is 5.90. The Labute approximate surface area is 334 Å². The molecule has 1 aliphatic heterocycles. The van der Waals surface area contributed by atoms with Crippen LogP contribution in [-0.2, 0) is 5.41 Å². The molecule has 2 aliphatic carbocycles. The minimum Gasteiger partial charge on any atom is -0.457 e. The molecule has 10 rings (SSSR count). The monoisotopic (exact) mass is 737 g/mol. The summed E-state index contributed by atoms with van der Waals surface area (Å²) in [7, 11) is 0. The molecule has 0 radical (unpaired) electrons. The number of nitrogens with two attached hydrogens (primary N) is 1. The SMILES string of the molecule is CC1C=CC=CC1/C=N/C(NC(N)c1ccc(-c2ccccc2)cc1)c1ccc(-c2ccc3c(c2)C2(c4ccccc4Oc4ccccc42)c2ccccc2-3)cc1. The molecule has 4 heteroatoms. The van der Waals surface area contributed by atoms with Crippen LogP contribution >= 0.6 is 0 Å². The predicted molar refractivity (Wildman–Crippen MR) is 233 cm³/mol. The summed E-state index contributed by atoms with van der Waals surface area (Å²) in [5.74, 6) is 2.37. The molecule has 0 fully saturated rings. The zero-order valence-corrected chi connectivity index (χ0v) is 31.8. The van der Waals surface area contributed by atoms with E-state index in [4.69, 9.17) is 15.5 Å². The van der Waals surface area contributed by atoms with Crippen LogP contribution in [0, 0.1) is 11.8 Å². The minimum absolute atomic E-state index is 0.211.